The molecule has 0 amide bonds. The highest BCUT2D eigenvalue weighted by atomic mass is 32.2. The van der Waals surface area contributed by atoms with Crippen molar-refractivity contribution in [3.63, 3.8) is 0 Å². The lowest BCUT2D eigenvalue weighted by molar-refractivity contribution is -0.137. The van der Waals surface area contributed by atoms with Crippen LogP contribution in [0, 0.1) is 11.8 Å². The average molecular weight is 459 g/mol. The molecule has 31 heavy (non-hydrogen) atoms. The van der Waals surface area contributed by atoms with Gasteiger partial charge in [0.05, 0.1) is 10.5 Å². The van der Waals surface area contributed by atoms with Crippen molar-refractivity contribution in [2.24, 2.45) is 11.8 Å². The Kier molecular flexibility index (Phi) is 8.21. The molecule has 0 unspecified atom stereocenters. The van der Waals surface area contributed by atoms with Gasteiger partial charge >= 0.3 is 6.18 Å². The van der Waals surface area contributed by atoms with Crippen molar-refractivity contribution >= 4 is 10.0 Å². The number of halogens is 3. The Hall–Kier alpha value is -1.38. The average Bonchev–Trinajstić information content (AvgIpc) is 2.75. The summed E-state index contributed by atoms with van der Waals surface area (Å²) in [5.41, 5.74) is -0.847. The van der Waals surface area contributed by atoms with E-state index in [2.05, 4.69) is 17.1 Å². The predicted molar refractivity (Wildman–Crippen MR) is 116 cm³/mol. The van der Waals surface area contributed by atoms with E-state index >= 15 is 0 Å². The molecular formula is C23H33F3N2O2S. The Bertz CT molecular complexity index is 823. The molecular weight excluding hydrogens is 425 g/mol. The normalized spacial score (nSPS) is 24.2. The summed E-state index contributed by atoms with van der Waals surface area (Å²) in [6.45, 7) is 3.80. The van der Waals surface area contributed by atoms with E-state index in [1.54, 1.807) is 0 Å². The monoisotopic (exact) mass is 458 g/mol. The van der Waals surface area contributed by atoms with Gasteiger partial charge in [0.1, 0.15) is 0 Å². The fourth-order valence-corrected chi connectivity index (χ4v) is 5.81. The molecule has 1 saturated carbocycles. The number of likely N-dealkylation sites (tertiary alicyclic amines) is 1. The Morgan fingerprint density at radius 1 is 1.03 bits per heavy atom. The van der Waals surface area contributed by atoms with Crippen LogP contribution in [-0.2, 0) is 16.2 Å². The van der Waals surface area contributed by atoms with E-state index in [1.807, 2.05) is 0 Å². The summed E-state index contributed by atoms with van der Waals surface area (Å²) >= 11 is 0. The Balaban J connectivity index is 1.47. The molecule has 0 radical (unpaired) electrons. The van der Waals surface area contributed by atoms with Crippen LogP contribution < -0.4 is 0 Å². The lowest BCUT2D eigenvalue weighted by Gasteiger charge is -2.30. The molecule has 0 spiro atoms. The first-order valence-corrected chi connectivity index (χ1v) is 12.6. The third-order valence-electron chi connectivity index (χ3n) is 6.52. The van der Waals surface area contributed by atoms with Crippen LogP contribution >= 0.6 is 0 Å². The third-order valence-corrected chi connectivity index (χ3v) is 8.35. The molecule has 8 heteroatoms. The van der Waals surface area contributed by atoms with Gasteiger partial charge in [0, 0.05) is 20.1 Å². The Morgan fingerprint density at radius 3 is 2.23 bits per heavy atom. The minimum absolute atomic E-state index is 0.0997. The molecule has 0 atom stereocenters. The van der Waals surface area contributed by atoms with Gasteiger partial charge in [-0.3, -0.25) is 4.90 Å². The molecule has 1 aromatic carbocycles. The van der Waals surface area contributed by atoms with Gasteiger partial charge < -0.3 is 0 Å². The maximum Gasteiger partial charge on any atom is 0.416 e. The summed E-state index contributed by atoms with van der Waals surface area (Å²) < 4.78 is 64.9. The zero-order valence-electron chi connectivity index (χ0n) is 18.2. The van der Waals surface area contributed by atoms with Gasteiger partial charge in [0.25, 0.3) is 0 Å². The molecule has 1 aromatic rings. The lowest BCUT2D eigenvalue weighted by atomic mass is 9.82. The SMILES string of the molecule is CN(CC1CCC(/C=C/CN2CCCCC2)CC1)S(=O)(=O)c1ccc(C(F)(F)F)cc1. The zero-order valence-corrected chi connectivity index (χ0v) is 19.0. The highest BCUT2D eigenvalue weighted by molar-refractivity contribution is 7.89. The summed E-state index contributed by atoms with van der Waals surface area (Å²) in [6.07, 6.45) is 8.10. The molecule has 2 aliphatic rings. The maximum atomic E-state index is 12.8. The first kappa shape index (κ1) is 24.3. The van der Waals surface area contributed by atoms with Crippen molar-refractivity contribution in [1.29, 1.82) is 0 Å². The largest absolute Gasteiger partial charge is 0.416 e. The first-order valence-electron chi connectivity index (χ1n) is 11.2. The van der Waals surface area contributed by atoms with Crippen LogP contribution in [0.25, 0.3) is 0 Å². The predicted octanol–water partition coefficient (Wildman–Crippen LogP) is 5.17. The molecule has 1 saturated heterocycles. The molecule has 2 fully saturated rings. The van der Waals surface area contributed by atoms with Gasteiger partial charge in [0.2, 0.25) is 10.0 Å². The second kappa shape index (κ2) is 10.5. The molecule has 1 heterocycles. The van der Waals surface area contributed by atoms with Crippen molar-refractivity contribution in [3.8, 4) is 0 Å². The second-order valence-corrected chi connectivity index (χ2v) is 10.9. The van der Waals surface area contributed by atoms with Crippen molar-refractivity contribution in [3.05, 3.63) is 42.0 Å². The fourth-order valence-electron chi connectivity index (χ4n) is 4.57. The summed E-state index contributed by atoms with van der Waals surface area (Å²) in [7, 11) is -2.28. The van der Waals surface area contributed by atoms with Crippen LogP contribution in [0.4, 0.5) is 13.2 Å². The number of allylic oxidation sites excluding steroid dienone is 1. The van der Waals surface area contributed by atoms with Gasteiger partial charge in [-0.05, 0) is 87.7 Å². The van der Waals surface area contributed by atoms with E-state index in [-0.39, 0.29) is 10.8 Å². The number of rotatable bonds is 7. The van der Waals surface area contributed by atoms with E-state index in [1.165, 1.54) is 43.7 Å². The number of sulfonamides is 1. The Morgan fingerprint density at radius 2 is 1.65 bits per heavy atom. The summed E-state index contributed by atoms with van der Waals surface area (Å²) in [5.74, 6) is 0.832. The third kappa shape index (κ3) is 6.80. The first-order chi connectivity index (χ1) is 14.7. The van der Waals surface area contributed by atoms with Crippen LogP contribution in [0.2, 0.25) is 0 Å². The number of piperidine rings is 1. The number of hydrogen-bond acceptors (Lipinski definition) is 3. The standard InChI is InChI=1S/C23H33F3N2O2S/c1-27(31(29,30)22-13-11-21(12-14-22)23(24,25)26)18-20-9-7-19(8-10-20)6-5-17-28-15-3-2-4-16-28/h5-6,11-14,19-20H,2-4,7-10,15-18H2,1H3/b6-5+. The molecule has 4 nitrogen and oxygen atoms in total. The topological polar surface area (TPSA) is 40.6 Å². The highest BCUT2D eigenvalue weighted by Crippen LogP contribution is 2.32. The van der Waals surface area contributed by atoms with Crippen molar-refractivity contribution in [2.75, 3.05) is 33.2 Å². The van der Waals surface area contributed by atoms with Crippen LogP contribution in [0.5, 0.6) is 0 Å². The molecule has 0 N–H and O–H groups in total. The summed E-state index contributed by atoms with van der Waals surface area (Å²) in [4.78, 5) is 2.39. The molecule has 174 valence electrons. The van der Waals surface area contributed by atoms with Gasteiger partial charge in [0.15, 0.2) is 0 Å². The molecule has 1 aliphatic heterocycles. The van der Waals surface area contributed by atoms with E-state index in [0.717, 1.165) is 56.5 Å². The van der Waals surface area contributed by atoms with E-state index in [9.17, 15) is 21.6 Å². The summed E-state index contributed by atoms with van der Waals surface area (Å²) in [5, 5.41) is 0. The highest BCUT2D eigenvalue weighted by Gasteiger charge is 2.31. The minimum atomic E-state index is -4.48. The van der Waals surface area contributed by atoms with Crippen LogP contribution in [-0.4, -0.2) is 50.8 Å². The smallest absolute Gasteiger partial charge is 0.300 e. The van der Waals surface area contributed by atoms with E-state index < -0.39 is 21.8 Å². The molecule has 0 bridgehead atoms. The van der Waals surface area contributed by atoms with Crippen LogP contribution in [0.3, 0.4) is 0 Å². The van der Waals surface area contributed by atoms with E-state index in [0.29, 0.717) is 12.5 Å². The second-order valence-electron chi connectivity index (χ2n) is 8.88. The lowest BCUT2D eigenvalue weighted by Crippen LogP contribution is -2.33. The van der Waals surface area contributed by atoms with Gasteiger partial charge in [-0.2, -0.15) is 13.2 Å². The van der Waals surface area contributed by atoms with Crippen molar-refractivity contribution < 1.29 is 21.6 Å². The number of nitrogens with zero attached hydrogens (tertiary/aromatic N) is 2. The fraction of sp³-hybridized carbons (Fsp3) is 0.652. The molecule has 1 aliphatic carbocycles. The van der Waals surface area contributed by atoms with Gasteiger partial charge in [-0.25, -0.2) is 12.7 Å². The molecule has 0 aromatic heterocycles. The Labute approximate surface area is 184 Å². The quantitative estimate of drug-likeness (QED) is 0.529. The number of alkyl halides is 3. The number of benzene rings is 1. The zero-order chi connectivity index (χ0) is 22.5. The van der Waals surface area contributed by atoms with Crippen LogP contribution in [0.1, 0.15) is 50.5 Å². The van der Waals surface area contributed by atoms with Crippen molar-refractivity contribution in [2.45, 2.75) is 56.0 Å². The van der Waals surface area contributed by atoms with Crippen LogP contribution in [0.15, 0.2) is 41.3 Å². The minimum Gasteiger partial charge on any atom is -0.300 e. The van der Waals surface area contributed by atoms with Gasteiger partial charge in [-0.1, -0.05) is 18.6 Å². The van der Waals surface area contributed by atoms with Crippen molar-refractivity contribution in [1.82, 2.24) is 9.21 Å². The summed E-state index contributed by atoms with van der Waals surface area (Å²) in [6, 6.07) is 3.72. The number of hydrogen-bond donors (Lipinski definition) is 0. The van der Waals surface area contributed by atoms with Gasteiger partial charge in [-0.15, -0.1) is 0 Å². The molecule has 3 rings (SSSR count). The maximum absolute atomic E-state index is 12.8. The van der Waals surface area contributed by atoms with E-state index in [4.69, 9.17) is 0 Å².